The first-order valence-corrected chi connectivity index (χ1v) is 12.2. The number of ether oxygens (including phenoxy) is 1. The number of esters is 1. The Kier molecular flexibility index (Phi) is 6.85. The van der Waals surface area contributed by atoms with E-state index in [4.69, 9.17) is 4.74 Å². The molecule has 0 radical (unpaired) electrons. The summed E-state index contributed by atoms with van der Waals surface area (Å²) in [6, 6.07) is 16.8. The fraction of sp³-hybridized carbons (Fsp3) is 0.393. The standard InChI is InChI=1S/C28H35O2S/c1-27(2,3)20-12-16-22(17-13-20)31(23-18-14-21(15-19-23)28(4,5)6)25-11-9-8-10-24(25)26(29)30-7/h8-14,16-18H,15,19H2,1-7H3/q+1. The molecule has 0 heterocycles. The molecule has 0 saturated carbocycles. The van der Waals surface area contributed by atoms with Crippen LogP contribution in [0.25, 0.3) is 0 Å². The van der Waals surface area contributed by atoms with Crippen molar-refractivity contribution < 1.29 is 9.53 Å². The lowest BCUT2D eigenvalue weighted by Crippen LogP contribution is -2.17. The van der Waals surface area contributed by atoms with Gasteiger partial charge in [-0.3, -0.25) is 0 Å². The number of carbonyl (C=O) groups is 1. The van der Waals surface area contributed by atoms with E-state index in [2.05, 4.69) is 84.0 Å². The number of methoxy groups -OCH3 is 1. The first-order chi connectivity index (χ1) is 14.5. The van der Waals surface area contributed by atoms with Crippen LogP contribution in [-0.4, -0.2) is 13.1 Å². The van der Waals surface area contributed by atoms with Gasteiger partial charge >= 0.3 is 5.97 Å². The van der Waals surface area contributed by atoms with Gasteiger partial charge in [-0.25, -0.2) is 4.79 Å². The fourth-order valence-electron chi connectivity index (χ4n) is 3.85. The SMILES string of the molecule is COC(=O)c1ccccc1[S+](C1=CC=C(C(C)(C)C)CC1)c1ccc(C(C)(C)C)cc1. The minimum absolute atomic E-state index is 0.107. The summed E-state index contributed by atoms with van der Waals surface area (Å²) in [5, 5.41) is 0. The van der Waals surface area contributed by atoms with Gasteiger partial charge < -0.3 is 4.74 Å². The molecular weight excluding hydrogens is 400 g/mol. The minimum Gasteiger partial charge on any atom is -0.465 e. The highest BCUT2D eigenvalue weighted by Crippen LogP contribution is 2.40. The zero-order valence-corrected chi connectivity index (χ0v) is 20.7. The maximum atomic E-state index is 12.6. The molecule has 1 aliphatic rings. The molecule has 2 aromatic rings. The van der Waals surface area contributed by atoms with Crippen molar-refractivity contribution in [3.8, 4) is 0 Å². The first-order valence-electron chi connectivity index (χ1n) is 10.9. The third-order valence-electron chi connectivity index (χ3n) is 5.81. The van der Waals surface area contributed by atoms with Gasteiger partial charge in [0.25, 0.3) is 0 Å². The lowest BCUT2D eigenvalue weighted by atomic mass is 9.82. The van der Waals surface area contributed by atoms with Gasteiger partial charge in [-0.1, -0.05) is 77.5 Å². The van der Waals surface area contributed by atoms with E-state index in [1.165, 1.54) is 28.0 Å². The minimum atomic E-state index is -0.333. The topological polar surface area (TPSA) is 26.3 Å². The van der Waals surface area contributed by atoms with Gasteiger partial charge in [0.2, 0.25) is 0 Å². The maximum Gasteiger partial charge on any atom is 0.343 e. The largest absolute Gasteiger partial charge is 0.465 e. The molecule has 1 atom stereocenters. The second-order valence-corrected chi connectivity index (χ2v) is 12.2. The van der Waals surface area contributed by atoms with E-state index in [1.807, 2.05) is 18.2 Å². The number of hydrogen-bond donors (Lipinski definition) is 0. The average Bonchev–Trinajstić information content (AvgIpc) is 2.73. The van der Waals surface area contributed by atoms with Crippen LogP contribution in [-0.2, 0) is 21.0 Å². The number of hydrogen-bond acceptors (Lipinski definition) is 2. The molecule has 31 heavy (non-hydrogen) atoms. The molecule has 1 unspecified atom stereocenters. The van der Waals surface area contributed by atoms with Gasteiger partial charge in [0.15, 0.2) is 9.79 Å². The Morgan fingerprint density at radius 1 is 0.839 bits per heavy atom. The Bertz CT molecular complexity index is 999. The molecule has 0 saturated heterocycles. The molecule has 164 valence electrons. The molecule has 2 nitrogen and oxygen atoms in total. The van der Waals surface area contributed by atoms with Crippen LogP contribution < -0.4 is 0 Å². The van der Waals surface area contributed by atoms with Crippen LogP contribution in [0.2, 0.25) is 0 Å². The van der Waals surface area contributed by atoms with E-state index in [0.717, 1.165) is 17.7 Å². The molecule has 2 aromatic carbocycles. The van der Waals surface area contributed by atoms with Gasteiger partial charge in [0, 0.05) is 6.42 Å². The highest BCUT2D eigenvalue weighted by molar-refractivity contribution is 8.00. The molecule has 0 aromatic heterocycles. The third kappa shape index (κ3) is 5.33. The normalized spacial score (nSPS) is 15.7. The predicted molar refractivity (Wildman–Crippen MR) is 132 cm³/mol. The van der Waals surface area contributed by atoms with E-state index in [1.54, 1.807) is 0 Å². The summed E-state index contributed by atoms with van der Waals surface area (Å²) in [6.45, 7) is 13.5. The lowest BCUT2D eigenvalue weighted by Gasteiger charge is -2.26. The number of carbonyl (C=O) groups excluding carboxylic acids is 1. The molecule has 3 rings (SSSR count). The molecule has 0 spiro atoms. The van der Waals surface area contributed by atoms with E-state index < -0.39 is 0 Å². The summed E-state index contributed by atoms with van der Waals surface area (Å²) in [5.41, 5.74) is 3.73. The van der Waals surface area contributed by atoms with Crippen molar-refractivity contribution in [1.29, 1.82) is 0 Å². The van der Waals surface area contributed by atoms with Gasteiger partial charge in [-0.2, -0.15) is 0 Å². The number of allylic oxidation sites excluding steroid dienone is 4. The third-order valence-corrected chi connectivity index (χ3v) is 8.21. The zero-order valence-electron chi connectivity index (χ0n) is 19.9. The van der Waals surface area contributed by atoms with Crippen LogP contribution >= 0.6 is 0 Å². The van der Waals surface area contributed by atoms with Crippen molar-refractivity contribution in [1.82, 2.24) is 0 Å². The fourth-order valence-corrected chi connectivity index (χ4v) is 6.19. The molecule has 0 N–H and O–H groups in total. The predicted octanol–water partition coefficient (Wildman–Crippen LogP) is 7.46. The van der Waals surface area contributed by atoms with E-state index in [0.29, 0.717) is 5.56 Å². The van der Waals surface area contributed by atoms with Crippen molar-refractivity contribution in [2.45, 2.75) is 69.6 Å². The molecule has 0 aliphatic heterocycles. The smallest absolute Gasteiger partial charge is 0.343 e. The van der Waals surface area contributed by atoms with Crippen LogP contribution in [0, 0.1) is 5.41 Å². The maximum absolute atomic E-state index is 12.6. The quantitative estimate of drug-likeness (QED) is 0.368. The Morgan fingerprint density at radius 3 is 2.00 bits per heavy atom. The van der Waals surface area contributed by atoms with Crippen molar-refractivity contribution in [3.63, 3.8) is 0 Å². The second-order valence-electron chi connectivity index (χ2n) is 10.1. The Balaban J connectivity index is 2.14. The van der Waals surface area contributed by atoms with Crippen LogP contribution in [0.3, 0.4) is 0 Å². The van der Waals surface area contributed by atoms with Crippen LogP contribution in [0.5, 0.6) is 0 Å². The van der Waals surface area contributed by atoms with Crippen LogP contribution in [0.15, 0.2) is 81.0 Å². The highest BCUT2D eigenvalue weighted by Gasteiger charge is 2.36. The van der Waals surface area contributed by atoms with Crippen molar-refractivity contribution in [2.75, 3.05) is 7.11 Å². The Morgan fingerprint density at radius 2 is 1.48 bits per heavy atom. The molecule has 1 aliphatic carbocycles. The molecular formula is C28H35O2S+. The molecule has 0 fully saturated rings. The summed E-state index contributed by atoms with van der Waals surface area (Å²) in [6.07, 6.45) is 6.64. The monoisotopic (exact) mass is 435 g/mol. The molecule has 0 bridgehead atoms. The number of rotatable bonds is 4. The van der Waals surface area contributed by atoms with Gasteiger partial charge in [0.05, 0.1) is 18.0 Å². The van der Waals surface area contributed by atoms with Crippen molar-refractivity contribution in [3.05, 3.63) is 82.3 Å². The average molecular weight is 436 g/mol. The van der Waals surface area contributed by atoms with Crippen molar-refractivity contribution in [2.24, 2.45) is 5.41 Å². The second kappa shape index (κ2) is 9.08. The first kappa shape index (κ1) is 23.4. The molecule has 3 heteroatoms. The van der Waals surface area contributed by atoms with Gasteiger partial charge in [-0.15, -0.1) is 0 Å². The van der Waals surface area contributed by atoms with E-state index >= 15 is 0 Å². The van der Waals surface area contributed by atoms with E-state index in [9.17, 15) is 4.79 Å². The van der Waals surface area contributed by atoms with Gasteiger partial charge in [-0.05, 0) is 53.2 Å². The Hall–Kier alpha value is -2.26. The van der Waals surface area contributed by atoms with Crippen LogP contribution in [0.4, 0.5) is 0 Å². The Labute approximate surface area is 190 Å². The summed E-state index contributed by atoms with van der Waals surface area (Å²) in [4.78, 5) is 16.2. The number of benzene rings is 2. The van der Waals surface area contributed by atoms with E-state index in [-0.39, 0.29) is 27.7 Å². The van der Waals surface area contributed by atoms with Crippen LogP contribution in [0.1, 0.15) is 70.3 Å². The zero-order chi connectivity index (χ0) is 22.8. The highest BCUT2D eigenvalue weighted by atomic mass is 32.2. The van der Waals surface area contributed by atoms with Crippen molar-refractivity contribution >= 4 is 16.9 Å². The molecule has 0 amide bonds. The summed E-state index contributed by atoms with van der Waals surface area (Å²) < 4.78 is 5.11. The summed E-state index contributed by atoms with van der Waals surface area (Å²) in [7, 11) is 1.12. The summed E-state index contributed by atoms with van der Waals surface area (Å²) >= 11 is 0. The van der Waals surface area contributed by atoms with Gasteiger partial charge in [0.1, 0.15) is 10.5 Å². The lowest BCUT2D eigenvalue weighted by molar-refractivity contribution is 0.0596. The summed E-state index contributed by atoms with van der Waals surface area (Å²) in [5.74, 6) is -0.276.